The van der Waals surface area contributed by atoms with Crippen LogP contribution in [-0.4, -0.2) is 33.7 Å². The number of aromatic nitrogens is 2. The maximum Gasteiger partial charge on any atom is 0.253 e. The number of benzene rings is 1. The highest BCUT2D eigenvalue weighted by atomic mass is 16.2. The number of aromatic amines is 1. The molecule has 0 saturated heterocycles. The highest BCUT2D eigenvalue weighted by molar-refractivity contribution is 5.94. The molecule has 2 aromatic rings. The second-order valence-corrected chi connectivity index (χ2v) is 4.80. The van der Waals surface area contributed by atoms with E-state index in [0.717, 1.165) is 11.4 Å². The van der Waals surface area contributed by atoms with Crippen molar-refractivity contribution in [1.82, 2.24) is 20.2 Å². The van der Waals surface area contributed by atoms with Gasteiger partial charge >= 0.3 is 0 Å². The van der Waals surface area contributed by atoms with Gasteiger partial charge in [-0.15, -0.1) is 0 Å². The lowest BCUT2D eigenvalue weighted by molar-refractivity contribution is -0.119. The Morgan fingerprint density at radius 1 is 1.29 bits per heavy atom. The normalized spacial score (nSPS) is 10.2. The van der Waals surface area contributed by atoms with Gasteiger partial charge in [0.25, 0.3) is 5.91 Å². The molecule has 1 aromatic heterocycles. The largest absolute Gasteiger partial charge is 0.352 e. The van der Waals surface area contributed by atoms with Gasteiger partial charge in [-0.1, -0.05) is 12.1 Å². The number of hydrogen-bond donors (Lipinski definition) is 2. The van der Waals surface area contributed by atoms with E-state index in [1.54, 1.807) is 36.5 Å². The smallest absolute Gasteiger partial charge is 0.253 e. The summed E-state index contributed by atoms with van der Waals surface area (Å²) in [6, 6.07) is 7.20. The summed E-state index contributed by atoms with van der Waals surface area (Å²) < 4.78 is 0. The second-order valence-electron chi connectivity index (χ2n) is 4.80. The van der Waals surface area contributed by atoms with Gasteiger partial charge in [0, 0.05) is 38.5 Å². The Labute approximate surface area is 123 Å². The summed E-state index contributed by atoms with van der Waals surface area (Å²) in [6.45, 7) is 2.37. The molecule has 2 N–H and O–H groups in total. The first-order valence-corrected chi connectivity index (χ1v) is 6.63. The Morgan fingerprint density at radius 3 is 2.57 bits per heavy atom. The van der Waals surface area contributed by atoms with Gasteiger partial charge in [0.05, 0.1) is 6.54 Å². The minimum atomic E-state index is -0.0756. The number of carbonyl (C=O) groups is 2. The summed E-state index contributed by atoms with van der Waals surface area (Å²) in [4.78, 5) is 31.8. The fourth-order valence-corrected chi connectivity index (χ4v) is 1.89. The zero-order chi connectivity index (χ0) is 15.2. The quantitative estimate of drug-likeness (QED) is 0.870. The van der Waals surface area contributed by atoms with Crippen LogP contribution in [0.1, 0.15) is 28.7 Å². The predicted molar refractivity (Wildman–Crippen MR) is 78.3 cm³/mol. The number of nitrogens with zero attached hydrogens (tertiary/aromatic N) is 2. The van der Waals surface area contributed by atoms with E-state index in [2.05, 4.69) is 15.3 Å². The van der Waals surface area contributed by atoms with E-state index in [0.29, 0.717) is 18.7 Å². The molecule has 0 spiro atoms. The summed E-state index contributed by atoms with van der Waals surface area (Å²) in [5, 5.41) is 2.72. The van der Waals surface area contributed by atoms with Gasteiger partial charge in [0.15, 0.2) is 0 Å². The number of rotatable bonds is 5. The Bertz CT molecular complexity index is 605. The lowest BCUT2D eigenvalue weighted by Crippen LogP contribution is -2.26. The maximum atomic E-state index is 12.3. The molecule has 0 aliphatic rings. The van der Waals surface area contributed by atoms with Crippen molar-refractivity contribution < 1.29 is 9.59 Å². The van der Waals surface area contributed by atoms with Gasteiger partial charge in [0.1, 0.15) is 5.82 Å². The molecule has 0 bridgehead atoms. The molecule has 6 heteroatoms. The van der Waals surface area contributed by atoms with Crippen LogP contribution in [0.2, 0.25) is 0 Å². The highest BCUT2D eigenvalue weighted by Gasteiger charge is 2.12. The van der Waals surface area contributed by atoms with Gasteiger partial charge in [-0.05, 0) is 17.7 Å². The molecular weight excluding hydrogens is 268 g/mol. The molecule has 0 saturated carbocycles. The molecule has 0 atom stereocenters. The molecule has 1 aromatic carbocycles. The average molecular weight is 286 g/mol. The van der Waals surface area contributed by atoms with Crippen molar-refractivity contribution in [1.29, 1.82) is 0 Å². The molecule has 2 rings (SSSR count). The van der Waals surface area contributed by atoms with E-state index in [1.807, 2.05) is 12.1 Å². The topological polar surface area (TPSA) is 78.1 Å². The number of H-pyrrole nitrogens is 1. The van der Waals surface area contributed by atoms with Gasteiger partial charge in [-0.2, -0.15) is 0 Å². The van der Waals surface area contributed by atoms with Crippen LogP contribution in [0.25, 0.3) is 0 Å². The number of nitrogens with one attached hydrogen (secondary N) is 2. The predicted octanol–water partition coefficient (Wildman–Crippen LogP) is 1.32. The van der Waals surface area contributed by atoms with E-state index in [4.69, 9.17) is 0 Å². The van der Waals surface area contributed by atoms with E-state index < -0.39 is 0 Å². The van der Waals surface area contributed by atoms with Crippen LogP contribution >= 0.6 is 0 Å². The molecule has 110 valence electrons. The molecule has 0 fully saturated rings. The van der Waals surface area contributed by atoms with E-state index in [9.17, 15) is 9.59 Å². The van der Waals surface area contributed by atoms with Gasteiger partial charge in [-0.25, -0.2) is 4.98 Å². The van der Waals surface area contributed by atoms with Crippen molar-refractivity contribution in [2.75, 3.05) is 7.05 Å². The minimum Gasteiger partial charge on any atom is -0.352 e. The molecule has 0 aliphatic carbocycles. The monoisotopic (exact) mass is 286 g/mol. The third-order valence-corrected chi connectivity index (χ3v) is 3.03. The lowest BCUT2D eigenvalue weighted by atomic mass is 10.1. The van der Waals surface area contributed by atoms with Crippen molar-refractivity contribution >= 4 is 11.8 Å². The SMILES string of the molecule is CC(=O)NCc1ccc(C(=O)N(C)Cc2ncc[nH]2)cc1. The van der Waals surface area contributed by atoms with E-state index in [-0.39, 0.29) is 11.8 Å². The summed E-state index contributed by atoms with van der Waals surface area (Å²) in [7, 11) is 1.73. The lowest BCUT2D eigenvalue weighted by Gasteiger charge is -2.16. The molecular formula is C15H18N4O2. The first kappa shape index (κ1) is 14.8. The Hall–Kier alpha value is -2.63. The zero-order valence-corrected chi connectivity index (χ0v) is 12.1. The van der Waals surface area contributed by atoms with Crippen molar-refractivity contribution in [3.8, 4) is 0 Å². The maximum absolute atomic E-state index is 12.3. The Balaban J connectivity index is 1.97. The van der Waals surface area contributed by atoms with Crippen LogP contribution in [0.4, 0.5) is 0 Å². The van der Waals surface area contributed by atoms with Crippen LogP contribution in [0, 0.1) is 0 Å². The van der Waals surface area contributed by atoms with Crippen LogP contribution in [-0.2, 0) is 17.9 Å². The van der Waals surface area contributed by atoms with Crippen molar-refractivity contribution in [2.24, 2.45) is 0 Å². The first-order valence-electron chi connectivity index (χ1n) is 6.63. The standard InChI is InChI=1S/C15H18N4O2/c1-11(20)18-9-12-3-5-13(6-4-12)15(21)19(2)10-14-16-7-8-17-14/h3-8H,9-10H2,1-2H3,(H,16,17)(H,18,20). The third kappa shape index (κ3) is 4.17. The van der Waals surface area contributed by atoms with E-state index in [1.165, 1.54) is 6.92 Å². The highest BCUT2D eigenvalue weighted by Crippen LogP contribution is 2.08. The van der Waals surface area contributed by atoms with Gasteiger partial charge < -0.3 is 15.2 Å². The number of imidazole rings is 1. The Morgan fingerprint density at radius 2 is 2.00 bits per heavy atom. The fourth-order valence-electron chi connectivity index (χ4n) is 1.89. The van der Waals surface area contributed by atoms with Crippen LogP contribution in [0.15, 0.2) is 36.7 Å². The van der Waals surface area contributed by atoms with Gasteiger partial charge in [0.2, 0.25) is 5.91 Å². The molecule has 2 amide bonds. The molecule has 0 radical (unpaired) electrons. The van der Waals surface area contributed by atoms with Crippen molar-refractivity contribution in [2.45, 2.75) is 20.0 Å². The fraction of sp³-hybridized carbons (Fsp3) is 0.267. The second kappa shape index (κ2) is 6.69. The van der Waals surface area contributed by atoms with Crippen LogP contribution < -0.4 is 5.32 Å². The molecule has 0 aliphatic heterocycles. The first-order chi connectivity index (χ1) is 10.1. The minimum absolute atomic E-state index is 0.0718. The molecule has 0 unspecified atom stereocenters. The Kier molecular flexibility index (Phi) is 4.71. The van der Waals surface area contributed by atoms with Gasteiger partial charge in [-0.3, -0.25) is 9.59 Å². The average Bonchev–Trinajstić information content (AvgIpc) is 2.97. The summed E-state index contributed by atoms with van der Waals surface area (Å²) in [5.41, 5.74) is 1.56. The number of carbonyl (C=O) groups excluding carboxylic acids is 2. The van der Waals surface area contributed by atoms with Crippen LogP contribution in [0.5, 0.6) is 0 Å². The van der Waals surface area contributed by atoms with Crippen molar-refractivity contribution in [3.63, 3.8) is 0 Å². The molecule has 6 nitrogen and oxygen atoms in total. The number of hydrogen-bond acceptors (Lipinski definition) is 3. The molecule has 21 heavy (non-hydrogen) atoms. The molecule has 1 heterocycles. The zero-order valence-electron chi connectivity index (χ0n) is 12.1. The summed E-state index contributed by atoms with van der Waals surface area (Å²) >= 11 is 0. The van der Waals surface area contributed by atoms with E-state index >= 15 is 0 Å². The number of amides is 2. The van der Waals surface area contributed by atoms with Crippen LogP contribution in [0.3, 0.4) is 0 Å². The summed E-state index contributed by atoms with van der Waals surface area (Å²) in [6.07, 6.45) is 3.38. The summed E-state index contributed by atoms with van der Waals surface area (Å²) in [5.74, 6) is 0.596. The third-order valence-electron chi connectivity index (χ3n) is 3.03. The van der Waals surface area contributed by atoms with Crippen molar-refractivity contribution in [3.05, 3.63) is 53.6 Å².